The van der Waals surface area contributed by atoms with Gasteiger partial charge in [-0.25, -0.2) is 0 Å². The smallest absolute Gasteiger partial charge is 0.457 e. The van der Waals surface area contributed by atoms with E-state index < -0.39 is 5.54 Å². The molecule has 2 heterocycles. The Bertz CT molecular complexity index is 632. The molecule has 150 valence electrons. The molecule has 4 bridgehead atoms. The molecule has 6 heteroatoms. The zero-order valence-corrected chi connectivity index (χ0v) is 17.3. The van der Waals surface area contributed by atoms with E-state index in [9.17, 15) is 4.79 Å². The third-order valence-corrected chi connectivity index (χ3v) is 9.30. The highest BCUT2D eigenvalue weighted by Gasteiger charge is 2.67. The molecule has 1 N–H and O–H groups in total. The zero-order valence-electron chi connectivity index (χ0n) is 17.3. The van der Waals surface area contributed by atoms with Crippen molar-refractivity contribution in [1.29, 1.82) is 0 Å². The normalized spacial score (nSPS) is 49.0. The van der Waals surface area contributed by atoms with Crippen LogP contribution >= 0.6 is 0 Å². The Hall–Kier alpha value is -0.585. The van der Waals surface area contributed by atoms with Crippen LogP contribution in [0.2, 0.25) is 6.32 Å². The molecule has 0 unspecified atom stereocenters. The SMILES string of the molecule is COC(=O)[C@]12CC[C@@H](CN1)[C@@H]2CCCB1O[C@@H]2C[C@@H]3C[C@@H](C3(C)C)[C@]2(C)O1. The lowest BCUT2D eigenvalue weighted by Crippen LogP contribution is -2.65. The van der Waals surface area contributed by atoms with Gasteiger partial charge in [-0.05, 0) is 81.0 Å². The monoisotopic (exact) mass is 375 g/mol. The van der Waals surface area contributed by atoms with Crippen molar-refractivity contribution in [2.75, 3.05) is 13.7 Å². The Balaban J connectivity index is 1.19. The van der Waals surface area contributed by atoms with Gasteiger partial charge in [0.15, 0.2) is 0 Å². The summed E-state index contributed by atoms with van der Waals surface area (Å²) in [6, 6.07) is 0. The van der Waals surface area contributed by atoms with Gasteiger partial charge in [0.05, 0.1) is 18.8 Å². The number of carbonyl (C=O) groups is 1. The summed E-state index contributed by atoms with van der Waals surface area (Å²) >= 11 is 0. The predicted octanol–water partition coefficient (Wildman–Crippen LogP) is 3.04. The van der Waals surface area contributed by atoms with Crippen LogP contribution in [0.3, 0.4) is 0 Å². The van der Waals surface area contributed by atoms with E-state index in [1.165, 1.54) is 13.5 Å². The van der Waals surface area contributed by atoms with Gasteiger partial charge >= 0.3 is 13.1 Å². The second-order valence-corrected chi connectivity index (χ2v) is 10.6. The van der Waals surface area contributed by atoms with Crippen LogP contribution in [0.25, 0.3) is 0 Å². The second kappa shape index (κ2) is 5.96. The Morgan fingerprint density at radius 3 is 2.78 bits per heavy atom. The highest BCUT2D eigenvalue weighted by atomic mass is 16.7. The second-order valence-electron chi connectivity index (χ2n) is 10.6. The lowest BCUT2D eigenvalue weighted by Gasteiger charge is -2.64. The lowest BCUT2D eigenvalue weighted by molar-refractivity contribution is -0.199. The first-order valence-corrected chi connectivity index (χ1v) is 11.0. The van der Waals surface area contributed by atoms with E-state index in [1.807, 2.05) is 0 Å². The van der Waals surface area contributed by atoms with E-state index in [4.69, 9.17) is 14.0 Å². The third kappa shape index (κ3) is 2.39. The molecule has 27 heavy (non-hydrogen) atoms. The first-order chi connectivity index (χ1) is 12.8. The van der Waals surface area contributed by atoms with Gasteiger partial charge in [0.1, 0.15) is 5.54 Å². The van der Waals surface area contributed by atoms with Crippen molar-refractivity contribution in [2.45, 2.75) is 82.9 Å². The molecule has 6 fully saturated rings. The average Bonchev–Trinajstić information content (AvgIpc) is 3.29. The number of carbonyl (C=O) groups excluding carboxylic acids is 1. The van der Waals surface area contributed by atoms with Crippen LogP contribution in [0, 0.1) is 29.1 Å². The van der Waals surface area contributed by atoms with Crippen molar-refractivity contribution in [3.8, 4) is 0 Å². The number of hydrogen-bond acceptors (Lipinski definition) is 5. The minimum absolute atomic E-state index is 0.0681. The van der Waals surface area contributed by atoms with Crippen molar-refractivity contribution in [3.63, 3.8) is 0 Å². The molecule has 0 aromatic heterocycles. The first kappa shape index (κ1) is 18.4. The summed E-state index contributed by atoms with van der Waals surface area (Å²) in [5, 5.41) is 3.48. The fourth-order valence-electron chi connectivity index (χ4n) is 7.55. The number of ether oxygens (including phenoxy) is 1. The summed E-state index contributed by atoms with van der Waals surface area (Å²) in [6.07, 6.45) is 7.81. The summed E-state index contributed by atoms with van der Waals surface area (Å²) in [7, 11) is 1.44. The molecule has 7 atom stereocenters. The fraction of sp³-hybridized carbons (Fsp3) is 0.952. The summed E-state index contributed by atoms with van der Waals surface area (Å²) in [5.74, 6) is 2.36. The average molecular weight is 375 g/mol. The number of nitrogens with one attached hydrogen (secondary N) is 1. The Kier molecular flexibility index (Phi) is 4.07. The maximum Gasteiger partial charge on any atom is 0.457 e. The molecule has 6 aliphatic rings. The van der Waals surface area contributed by atoms with Gasteiger partial charge < -0.3 is 19.4 Å². The molecular formula is C21H34BNO4. The first-order valence-electron chi connectivity index (χ1n) is 11.0. The van der Waals surface area contributed by atoms with Crippen LogP contribution in [0.4, 0.5) is 0 Å². The third-order valence-electron chi connectivity index (χ3n) is 9.30. The number of methoxy groups -OCH3 is 1. The summed E-state index contributed by atoms with van der Waals surface area (Å²) in [5.41, 5.74) is -0.142. The highest BCUT2D eigenvalue weighted by molar-refractivity contribution is 6.45. The van der Waals surface area contributed by atoms with Crippen LogP contribution in [-0.2, 0) is 18.8 Å². The zero-order chi connectivity index (χ0) is 19.0. The molecule has 0 amide bonds. The van der Waals surface area contributed by atoms with E-state index in [-0.39, 0.29) is 24.8 Å². The molecule has 6 rings (SSSR count). The van der Waals surface area contributed by atoms with E-state index in [0.717, 1.165) is 50.9 Å². The number of fused-ring (bicyclic) bond motifs is 2. The number of hydrogen-bond donors (Lipinski definition) is 1. The maximum absolute atomic E-state index is 12.4. The number of piperidine rings is 1. The minimum Gasteiger partial charge on any atom is -0.468 e. The fourth-order valence-corrected chi connectivity index (χ4v) is 7.55. The molecule has 4 aliphatic carbocycles. The summed E-state index contributed by atoms with van der Waals surface area (Å²) < 4.78 is 18.0. The quantitative estimate of drug-likeness (QED) is 0.591. The van der Waals surface area contributed by atoms with Crippen molar-refractivity contribution in [2.24, 2.45) is 29.1 Å². The van der Waals surface area contributed by atoms with Crippen LogP contribution in [0.5, 0.6) is 0 Å². The van der Waals surface area contributed by atoms with Crippen LogP contribution < -0.4 is 5.32 Å². The predicted molar refractivity (Wildman–Crippen MR) is 103 cm³/mol. The summed E-state index contributed by atoms with van der Waals surface area (Å²) in [4.78, 5) is 12.4. The van der Waals surface area contributed by atoms with Gasteiger partial charge in [0.25, 0.3) is 0 Å². The maximum atomic E-state index is 12.4. The standard InChI is InChI=1S/C21H34BNO4/c1-19(2)14-10-16(19)20(3)17(11-14)26-22(27-20)9-5-6-15-13-7-8-21(15,23-12-13)18(24)25-4/h13-17,23H,5-12H2,1-4H3/t13-,14-,15-,16-,17+,20-,21+/m0/s1. The topological polar surface area (TPSA) is 56.8 Å². The van der Waals surface area contributed by atoms with Crippen LogP contribution in [0.15, 0.2) is 0 Å². The molecule has 5 nitrogen and oxygen atoms in total. The molecule has 0 aromatic carbocycles. The highest BCUT2D eigenvalue weighted by Crippen LogP contribution is 2.65. The van der Waals surface area contributed by atoms with E-state index >= 15 is 0 Å². The van der Waals surface area contributed by atoms with Gasteiger partial charge in [-0.15, -0.1) is 0 Å². The van der Waals surface area contributed by atoms with E-state index in [1.54, 1.807) is 0 Å². The van der Waals surface area contributed by atoms with Crippen molar-refractivity contribution < 1.29 is 18.8 Å². The Morgan fingerprint density at radius 2 is 2.11 bits per heavy atom. The van der Waals surface area contributed by atoms with E-state index in [2.05, 4.69) is 26.1 Å². The summed E-state index contributed by atoms with van der Waals surface area (Å²) in [6.45, 7) is 8.04. The Labute approximate surface area is 163 Å². The van der Waals surface area contributed by atoms with Gasteiger partial charge in [0.2, 0.25) is 0 Å². The lowest BCUT2D eigenvalue weighted by atomic mass is 9.43. The Morgan fingerprint density at radius 1 is 1.30 bits per heavy atom. The van der Waals surface area contributed by atoms with Crippen molar-refractivity contribution in [3.05, 3.63) is 0 Å². The molecular weight excluding hydrogens is 341 g/mol. The van der Waals surface area contributed by atoms with Crippen molar-refractivity contribution in [1.82, 2.24) is 5.32 Å². The van der Waals surface area contributed by atoms with Gasteiger partial charge in [-0.3, -0.25) is 4.79 Å². The van der Waals surface area contributed by atoms with Crippen molar-refractivity contribution >= 4 is 13.1 Å². The van der Waals surface area contributed by atoms with Gasteiger partial charge in [-0.2, -0.15) is 0 Å². The van der Waals surface area contributed by atoms with Crippen LogP contribution in [0.1, 0.15) is 59.3 Å². The number of rotatable bonds is 5. The molecule has 2 saturated heterocycles. The molecule has 0 radical (unpaired) electrons. The molecule has 0 spiro atoms. The number of esters is 1. The van der Waals surface area contributed by atoms with Gasteiger partial charge in [0, 0.05) is 0 Å². The molecule has 0 aromatic rings. The largest absolute Gasteiger partial charge is 0.468 e. The molecule has 4 saturated carbocycles. The minimum atomic E-state index is -0.429. The molecule has 2 aliphatic heterocycles. The van der Waals surface area contributed by atoms with Crippen LogP contribution in [-0.4, -0.2) is 44.0 Å². The van der Waals surface area contributed by atoms with Gasteiger partial charge in [-0.1, -0.05) is 20.3 Å². The van der Waals surface area contributed by atoms with E-state index in [0.29, 0.717) is 23.2 Å².